The smallest absolute Gasteiger partial charge is 0.253 e. The van der Waals surface area contributed by atoms with E-state index in [1.165, 1.54) is 0 Å². The largest absolute Gasteiger partial charge is 0.348 e. The molecule has 32 heavy (non-hydrogen) atoms. The predicted octanol–water partition coefficient (Wildman–Crippen LogP) is 4.15. The fraction of sp³-hybridized carbons (Fsp3) is 0.120. The van der Waals surface area contributed by atoms with Gasteiger partial charge in [0.1, 0.15) is 12.1 Å². The van der Waals surface area contributed by atoms with E-state index in [1.807, 2.05) is 77.6 Å². The molecule has 0 aliphatic carbocycles. The number of carbonyl (C=O) groups excluding carboxylic acids is 1. The highest BCUT2D eigenvalue weighted by Gasteiger charge is 2.16. The van der Waals surface area contributed by atoms with E-state index < -0.39 is 0 Å². The summed E-state index contributed by atoms with van der Waals surface area (Å²) in [7, 11) is 0. The lowest BCUT2D eigenvalue weighted by atomic mass is 10.2. The molecule has 0 aliphatic heterocycles. The third kappa shape index (κ3) is 3.54. The molecule has 0 fully saturated rings. The molecular formula is C25H22N6O. The molecular weight excluding hydrogens is 400 g/mol. The number of nitrogens with zero attached hydrogens (tertiary/aromatic N) is 5. The molecule has 7 nitrogen and oxygen atoms in total. The van der Waals surface area contributed by atoms with Gasteiger partial charge in [-0.3, -0.25) is 14.3 Å². The van der Waals surface area contributed by atoms with E-state index in [1.54, 1.807) is 24.9 Å². The van der Waals surface area contributed by atoms with Gasteiger partial charge in [0, 0.05) is 30.3 Å². The number of aryl methyl sites for hydroxylation is 1. The van der Waals surface area contributed by atoms with Gasteiger partial charge < -0.3 is 9.88 Å². The van der Waals surface area contributed by atoms with Crippen LogP contribution in [0.1, 0.15) is 27.3 Å². The van der Waals surface area contributed by atoms with E-state index in [9.17, 15) is 4.79 Å². The number of benzene rings is 1. The third-order valence-corrected chi connectivity index (χ3v) is 5.54. The number of pyridine rings is 2. The lowest BCUT2D eigenvalue weighted by Crippen LogP contribution is -2.23. The zero-order valence-electron chi connectivity index (χ0n) is 17.9. The lowest BCUT2D eigenvalue weighted by Gasteiger charge is -2.10. The van der Waals surface area contributed by atoms with E-state index in [0.717, 1.165) is 39.5 Å². The molecule has 1 amide bonds. The highest BCUT2D eigenvalue weighted by Crippen LogP contribution is 2.20. The summed E-state index contributed by atoms with van der Waals surface area (Å²) in [5, 5.41) is 3.00. The summed E-state index contributed by atoms with van der Waals surface area (Å²) < 4.78 is 3.98. The van der Waals surface area contributed by atoms with E-state index in [-0.39, 0.29) is 5.91 Å². The molecule has 1 aromatic carbocycles. The summed E-state index contributed by atoms with van der Waals surface area (Å²) in [5.41, 5.74) is 6.31. The third-order valence-electron chi connectivity index (χ3n) is 5.54. The van der Waals surface area contributed by atoms with Crippen LogP contribution in [-0.4, -0.2) is 30.0 Å². The van der Waals surface area contributed by atoms with Crippen molar-refractivity contribution < 1.29 is 4.79 Å². The Labute approximate surface area is 185 Å². The van der Waals surface area contributed by atoms with Gasteiger partial charge in [-0.25, -0.2) is 9.97 Å². The highest BCUT2D eigenvalue weighted by atomic mass is 16.1. The summed E-state index contributed by atoms with van der Waals surface area (Å²) in [4.78, 5) is 26.0. The zero-order valence-corrected chi connectivity index (χ0v) is 17.9. The Bertz CT molecular complexity index is 1400. The second kappa shape index (κ2) is 8.11. The van der Waals surface area contributed by atoms with E-state index in [0.29, 0.717) is 12.1 Å². The van der Waals surface area contributed by atoms with Crippen LogP contribution in [-0.2, 0) is 6.54 Å². The van der Waals surface area contributed by atoms with Gasteiger partial charge in [0.05, 0.1) is 28.5 Å². The van der Waals surface area contributed by atoms with Crippen molar-refractivity contribution in [2.45, 2.75) is 20.4 Å². The van der Waals surface area contributed by atoms with Gasteiger partial charge >= 0.3 is 0 Å². The molecule has 4 heterocycles. The standard InChI is InChI=1S/C25H22N6O/c1-17-12-21(18(2)31(17)20-6-5-11-26-15-20)25(32)28-14-19-9-10-24(27-13-19)30-16-29-22-7-3-4-8-23(22)30/h3-13,15-16H,14H2,1-2H3,(H,28,32). The number of carbonyl (C=O) groups is 1. The Hall–Kier alpha value is -4.26. The summed E-state index contributed by atoms with van der Waals surface area (Å²) in [6.45, 7) is 4.33. The Balaban J connectivity index is 1.31. The topological polar surface area (TPSA) is 77.6 Å². The van der Waals surface area contributed by atoms with Gasteiger partial charge in [-0.15, -0.1) is 0 Å². The molecule has 0 radical (unpaired) electrons. The van der Waals surface area contributed by atoms with Gasteiger partial charge in [-0.05, 0) is 55.8 Å². The van der Waals surface area contributed by atoms with Crippen molar-refractivity contribution in [3.05, 3.63) is 102 Å². The number of para-hydroxylation sites is 2. The average molecular weight is 422 g/mol. The van der Waals surface area contributed by atoms with Crippen LogP contribution in [0.3, 0.4) is 0 Å². The maximum atomic E-state index is 12.9. The van der Waals surface area contributed by atoms with Crippen LogP contribution in [0.15, 0.2) is 79.5 Å². The van der Waals surface area contributed by atoms with Gasteiger partial charge in [0.2, 0.25) is 0 Å². The van der Waals surface area contributed by atoms with Crippen LogP contribution < -0.4 is 5.32 Å². The van der Waals surface area contributed by atoms with Crippen molar-refractivity contribution in [2.75, 3.05) is 0 Å². The molecule has 0 unspecified atom stereocenters. The highest BCUT2D eigenvalue weighted by molar-refractivity contribution is 5.95. The summed E-state index contributed by atoms with van der Waals surface area (Å²) in [5.74, 6) is 0.673. The molecule has 7 heteroatoms. The molecule has 0 aliphatic rings. The monoisotopic (exact) mass is 422 g/mol. The molecule has 0 atom stereocenters. The maximum Gasteiger partial charge on any atom is 0.253 e. The first kappa shape index (κ1) is 19.7. The van der Waals surface area contributed by atoms with Gasteiger partial charge in [-0.2, -0.15) is 0 Å². The Kier molecular flexibility index (Phi) is 4.99. The normalized spacial score (nSPS) is 11.1. The van der Waals surface area contributed by atoms with Gasteiger partial charge in [-0.1, -0.05) is 18.2 Å². The Morgan fingerprint density at radius 3 is 2.66 bits per heavy atom. The summed E-state index contributed by atoms with van der Waals surface area (Å²) >= 11 is 0. The summed E-state index contributed by atoms with van der Waals surface area (Å²) in [6.07, 6.45) is 7.08. The van der Waals surface area contributed by atoms with Crippen LogP contribution in [0, 0.1) is 13.8 Å². The molecule has 5 rings (SSSR count). The summed E-state index contributed by atoms with van der Waals surface area (Å²) in [6, 6.07) is 17.6. The maximum absolute atomic E-state index is 12.9. The Morgan fingerprint density at radius 2 is 1.88 bits per heavy atom. The number of nitrogens with one attached hydrogen (secondary N) is 1. The fourth-order valence-corrected chi connectivity index (χ4v) is 3.96. The van der Waals surface area contributed by atoms with Crippen molar-refractivity contribution >= 4 is 16.9 Å². The van der Waals surface area contributed by atoms with Crippen LogP contribution in [0.5, 0.6) is 0 Å². The van der Waals surface area contributed by atoms with Crippen molar-refractivity contribution in [2.24, 2.45) is 0 Å². The fourth-order valence-electron chi connectivity index (χ4n) is 3.96. The number of fused-ring (bicyclic) bond motifs is 1. The second-order valence-corrected chi connectivity index (χ2v) is 7.64. The molecule has 0 saturated carbocycles. The average Bonchev–Trinajstić information content (AvgIpc) is 3.39. The Morgan fingerprint density at radius 1 is 1.00 bits per heavy atom. The first-order chi connectivity index (χ1) is 15.6. The van der Waals surface area contributed by atoms with Crippen molar-refractivity contribution in [1.82, 2.24) is 29.4 Å². The van der Waals surface area contributed by atoms with Crippen LogP contribution >= 0.6 is 0 Å². The van der Waals surface area contributed by atoms with Crippen molar-refractivity contribution in [3.63, 3.8) is 0 Å². The molecule has 158 valence electrons. The van der Waals surface area contributed by atoms with E-state index in [2.05, 4.69) is 20.3 Å². The first-order valence-corrected chi connectivity index (χ1v) is 10.4. The van der Waals surface area contributed by atoms with Gasteiger partial charge in [0.25, 0.3) is 5.91 Å². The van der Waals surface area contributed by atoms with Crippen LogP contribution in [0.25, 0.3) is 22.5 Å². The van der Waals surface area contributed by atoms with Crippen molar-refractivity contribution in [1.29, 1.82) is 0 Å². The van der Waals surface area contributed by atoms with Crippen LogP contribution in [0.4, 0.5) is 0 Å². The van der Waals surface area contributed by atoms with Crippen molar-refractivity contribution in [3.8, 4) is 11.5 Å². The predicted molar refractivity (Wildman–Crippen MR) is 123 cm³/mol. The minimum Gasteiger partial charge on any atom is -0.348 e. The number of hydrogen-bond donors (Lipinski definition) is 1. The molecule has 1 N–H and O–H groups in total. The SMILES string of the molecule is Cc1cc(C(=O)NCc2ccc(-n3cnc4ccccc43)nc2)c(C)n1-c1cccnc1. The number of amides is 1. The van der Waals surface area contributed by atoms with Crippen LogP contribution in [0.2, 0.25) is 0 Å². The number of aromatic nitrogens is 5. The molecule has 0 saturated heterocycles. The first-order valence-electron chi connectivity index (χ1n) is 10.4. The van der Waals surface area contributed by atoms with E-state index >= 15 is 0 Å². The zero-order chi connectivity index (χ0) is 22.1. The molecule has 0 spiro atoms. The van der Waals surface area contributed by atoms with E-state index in [4.69, 9.17) is 0 Å². The quantitative estimate of drug-likeness (QED) is 0.462. The minimum atomic E-state index is -0.113. The minimum absolute atomic E-state index is 0.113. The second-order valence-electron chi connectivity index (χ2n) is 7.64. The number of rotatable bonds is 5. The molecule has 4 aromatic heterocycles. The molecule has 5 aromatic rings. The number of hydrogen-bond acceptors (Lipinski definition) is 4. The molecule has 0 bridgehead atoms. The lowest BCUT2D eigenvalue weighted by molar-refractivity contribution is 0.0950. The van der Waals surface area contributed by atoms with Gasteiger partial charge in [0.15, 0.2) is 0 Å². The number of imidazole rings is 1.